The Labute approximate surface area is 115 Å². The molecule has 1 aliphatic rings. The lowest BCUT2D eigenvalue weighted by atomic mass is 9.89. The number of hydrogen-bond acceptors (Lipinski definition) is 3. The SMILES string of the molecule is CC(C)CCCOc1cccc2c1CCC/C2=N\O. The Kier molecular flexibility index (Phi) is 4.83. The average Bonchev–Trinajstić information content (AvgIpc) is 2.42. The van der Waals surface area contributed by atoms with Gasteiger partial charge in [0.05, 0.1) is 12.3 Å². The molecule has 0 saturated carbocycles. The van der Waals surface area contributed by atoms with Gasteiger partial charge in [0.15, 0.2) is 0 Å². The van der Waals surface area contributed by atoms with Gasteiger partial charge in [-0.25, -0.2) is 0 Å². The summed E-state index contributed by atoms with van der Waals surface area (Å²) in [6.07, 6.45) is 5.16. The molecule has 0 bridgehead atoms. The van der Waals surface area contributed by atoms with E-state index in [1.165, 1.54) is 12.0 Å². The van der Waals surface area contributed by atoms with Crippen molar-refractivity contribution in [3.8, 4) is 5.75 Å². The maximum atomic E-state index is 9.05. The lowest BCUT2D eigenvalue weighted by Gasteiger charge is -2.20. The Bertz CT molecular complexity index is 452. The van der Waals surface area contributed by atoms with E-state index in [1.54, 1.807) is 0 Å². The van der Waals surface area contributed by atoms with Crippen LogP contribution in [0.15, 0.2) is 23.4 Å². The molecule has 2 rings (SSSR count). The zero-order chi connectivity index (χ0) is 13.7. The van der Waals surface area contributed by atoms with E-state index in [1.807, 2.05) is 18.2 Å². The molecule has 0 heterocycles. The first-order valence-electron chi connectivity index (χ1n) is 7.18. The van der Waals surface area contributed by atoms with Crippen molar-refractivity contribution < 1.29 is 9.94 Å². The second kappa shape index (κ2) is 6.60. The van der Waals surface area contributed by atoms with E-state index >= 15 is 0 Å². The summed E-state index contributed by atoms with van der Waals surface area (Å²) in [5.74, 6) is 1.68. The number of oxime groups is 1. The summed E-state index contributed by atoms with van der Waals surface area (Å²) in [4.78, 5) is 0. The number of hydrogen-bond donors (Lipinski definition) is 1. The minimum absolute atomic E-state index is 0.724. The van der Waals surface area contributed by atoms with E-state index in [4.69, 9.17) is 9.94 Å². The maximum Gasteiger partial charge on any atom is 0.123 e. The maximum absolute atomic E-state index is 9.05. The van der Waals surface area contributed by atoms with Crippen molar-refractivity contribution in [3.05, 3.63) is 29.3 Å². The van der Waals surface area contributed by atoms with Crippen molar-refractivity contribution in [3.63, 3.8) is 0 Å². The lowest BCUT2D eigenvalue weighted by Crippen LogP contribution is -2.13. The van der Waals surface area contributed by atoms with Gasteiger partial charge in [0.1, 0.15) is 5.75 Å². The van der Waals surface area contributed by atoms with Crippen molar-refractivity contribution in [2.24, 2.45) is 11.1 Å². The van der Waals surface area contributed by atoms with E-state index in [0.29, 0.717) is 0 Å². The molecule has 19 heavy (non-hydrogen) atoms. The average molecular weight is 261 g/mol. The third-order valence-electron chi connectivity index (χ3n) is 3.59. The highest BCUT2D eigenvalue weighted by Gasteiger charge is 2.19. The summed E-state index contributed by atoms with van der Waals surface area (Å²) in [6.45, 7) is 5.23. The van der Waals surface area contributed by atoms with E-state index in [9.17, 15) is 0 Å². The van der Waals surface area contributed by atoms with Crippen molar-refractivity contribution in [2.75, 3.05) is 6.61 Å². The molecule has 0 spiro atoms. The van der Waals surface area contributed by atoms with Crippen LogP contribution < -0.4 is 4.74 Å². The minimum atomic E-state index is 0.724. The minimum Gasteiger partial charge on any atom is -0.493 e. The first kappa shape index (κ1) is 13.9. The number of rotatable bonds is 5. The third-order valence-corrected chi connectivity index (χ3v) is 3.59. The second-order valence-corrected chi connectivity index (χ2v) is 5.57. The zero-order valence-corrected chi connectivity index (χ0v) is 11.9. The van der Waals surface area contributed by atoms with Crippen LogP contribution in [0.25, 0.3) is 0 Å². The van der Waals surface area contributed by atoms with Crippen LogP contribution in [0.4, 0.5) is 0 Å². The molecule has 3 heteroatoms. The molecule has 0 aromatic heterocycles. The quantitative estimate of drug-likeness (QED) is 0.494. The summed E-state index contributed by atoms with van der Waals surface area (Å²) in [5, 5.41) is 12.5. The van der Waals surface area contributed by atoms with Crippen LogP contribution in [0.2, 0.25) is 0 Å². The van der Waals surface area contributed by atoms with Crippen molar-refractivity contribution in [2.45, 2.75) is 46.0 Å². The normalized spacial score (nSPS) is 16.7. The molecule has 0 amide bonds. The summed E-state index contributed by atoms with van der Waals surface area (Å²) in [6, 6.07) is 6.02. The highest BCUT2D eigenvalue weighted by molar-refractivity contribution is 6.02. The first-order chi connectivity index (χ1) is 9.22. The van der Waals surface area contributed by atoms with Crippen molar-refractivity contribution in [1.82, 2.24) is 0 Å². The molecule has 0 fully saturated rings. The van der Waals surface area contributed by atoms with Gasteiger partial charge in [-0.1, -0.05) is 31.1 Å². The fourth-order valence-corrected chi connectivity index (χ4v) is 2.57. The predicted molar refractivity (Wildman–Crippen MR) is 77.3 cm³/mol. The summed E-state index contributed by atoms with van der Waals surface area (Å²) in [5.41, 5.74) is 3.04. The van der Waals surface area contributed by atoms with Crippen LogP contribution in [-0.2, 0) is 6.42 Å². The molecular formula is C16H23NO2. The smallest absolute Gasteiger partial charge is 0.123 e. The summed E-state index contributed by atoms with van der Waals surface area (Å²) in [7, 11) is 0. The van der Waals surface area contributed by atoms with Gasteiger partial charge in [-0.15, -0.1) is 0 Å². The van der Waals surface area contributed by atoms with Gasteiger partial charge >= 0.3 is 0 Å². The van der Waals surface area contributed by atoms with Gasteiger partial charge in [-0.3, -0.25) is 0 Å². The van der Waals surface area contributed by atoms with Crippen LogP contribution in [-0.4, -0.2) is 17.5 Å². The largest absolute Gasteiger partial charge is 0.493 e. The fraction of sp³-hybridized carbons (Fsp3) is 0.562. The highest BCUT2D eigenvalue weighted by atomic mass is 16.5. The van der Waals surface area contributed by atoms with Gasteiger partial charge in [0.25, 0.3) is 0 Å². The molecule has 3 nitrogen and oxygen atoms in total. The van der Waals surface area contributed by atoms with Crippen molar-refractivity contribution in [1.29, 1.82) is 0 Å². The molecule has 1 aliphatic carbocycles. The third kappa shape index (κ3) is 3.49. The van der Waals surface area contributed by atoms with Gasteiger partial charge in [-0.05, 0) is 44.1 Å². The predicted octanol–water partition coefficient (Wildman–Crippen LogP) is 4.02. The zero-order valence-electron chi connectivity index (χ0n) is 11.9. The molecule has 1 aromatic rings. The fourth-order valence-electron chi connectivity index (χ4n) is 2.57. The Morgan fingerprint density at radius 2 is 2.16 bits per heavy atom. The van der Waals surface area contributed by atoms with E-state index in [-0.39, 0.29) is 0 Å². The Morgan fingerprint density at radius 1 is 1.32 bits per heavy atom. The lowest BCUT2D eigenvalue weighted by molar-refractivity contribution is 0.294. The molecular weight excluding hydrogens is 238 g/mol. The van der Waals surface area contributed by atoms with Crippen molar-refractivity contribution >= 4 is 5.71 Å². The highest BCUT2D eigenvalue weighted by Crippen LogP contribution is 2.30. The summed E-state index contributed by atoms with van der Waals surface area (Å²) < 4.78 is 5.91. The van der Waals surface area contributed by atoms with Gasteiger partial charge in [0, 0.05) is 11.1 Å². The van der Waals surface area contributed by atoms with E-state index in [2.05, 4.69) is 19.0 Å². The van der Waals surface area contributed by atoms with Crippen LogP contribution in [0.3, 0.4) is 0 Å². The molecule has 1 aromatic carbocycles. The van der Waals surface area contributed by atoms with Crippen LogP contribution >= 0.6 is 0 Å². The van der Waals surface area contributed by atoms with Crippen LogP contribution in [0.1, 0.15) is 50.7 Å². The van der Waals surface area contributed by atoms with Crippen LogP contribution in [0.5, 0.6) is 5.75 Å². The molecule has 0 radical (unpaired) electrons. The molecule has 0 aliphatic heterocycles. The number of nitrogens with zero attached hydrogens (tertiary/aromatic N) is 1. The monoisotopic (exact) mass is 261 g/mol. The molecule has 0 saturated heterocycles. The summed E-state index contributed by atoms with van der Waals surface area (Å²) >= 11 is 0. The van der Waals surface area contributed by atoms with E-state index < -0.39 is 0 Å². The first-order valence-corrected chi connectivity index (χ1v) is 7.18. The molecule has 104 valence electrons. The second-order valence-electron chi connectivity index (χ2n) is 5.57. The standard InChI is InChI=1S/C16H23NO2/c1-12(2)6-5-11-19-16-10-4-7-13-14(16)8-3-9-15(13)17-18/h4,7,10,12,18H,3,5-6,8-9,11H2,1-2H3/b17-15+. The molecule has 1 N–H and O–H groups in total. The van der Waals surface area contributed by atoms with E-state index in [0.717, 1.165) is 55.2 Å². The number of benzene rings is 1. The molecule has 0 atom stereocenters. The number of ether oxygens (including phenoxy) is 1. The van der Waals surface area contributed by atoms with Gasteiger partial charge in [0.2, 0.25) is 0 Å². The van der Waals surface area contributed by atoms with Gasteiger partial charge < -0.3 is 9.94 Å². The topological polar surface area (TPSA) is 41.8 Å². The van der Waals surface area contributed by atoms with Crippen LogP contribution in [0, 0.1) is 5.92 Å². The molecule has 0 unspecified atom stereocenters. The number of fused-ring (bicyclic) bond motifs is 1. The Balaban J connectivity index is 2.06. The Morgan fingerprint density at radius 3 is 2.89 bits per heavy atom. The van der Waals surface area contributed by atoms with Gasteiger partial charge in [-0.2, -0.15) is 0 Å². The Hall–Kier alpha value is -1.51.